The molecule has 1 atom stereocenters. The molecule has 2 rings (SSSR count). The van der Waals surface area contributed by atoms with Crippen molar-refractivity contribution in [1.29, 1.82) is 0 Å². The van der Waals surface area contributed by atoms with Crippen molar-refractivity contribution in [3.8, 4) is 0 Å². The standard InChI is InChI=1S/C13H15FN4O2S/c1-9(11-5-3-4-6-12(11)14)18(2)21(19,20)10-7-16-13(15)17-8-10/h3-9H,1-2H3,(H2,15,16,17). The van der Waals surface area contributed by atoms with E-state index in [1.165, 1.54) is 13.1 Å². The molecule has 112 valence electrons. The van der Waals surface area contributed by atoms with Gasteiger partial charge in [0.15, 0.2) is 0 Å². The quantitative estimate of drug-likeness (QED) is 0.926. The Morgan fingerprint density at radius 1 is 1.24 bits per heavy atom. The van der Waals surface area contributed by atoms with E-state index in [9.17, 15) is 12.8 Å². The fraction of sp³-hybridized carbons (Fsp3) is 0.231. The second-order valence-corrected chi connectivity index (χ2v) is 6.49. The zero-order valence-corrected chi connectivity index (χ0v) is 12.4. The minimum absolute atomic E-state index is 0.0150. The summed E-state index contributed by atoms with van der Waals surface area (Å²) in [5, 5.41) is 0. The molecule has 8 heteroatoms. The van der Waals surface area contributed by atoms with Crippen LogP contribution >= 0.6 is 0 Å². The second-order valence-electron chi connectivity index (χ2n) is 4.50. The largest absolute Gasteiger partial charge is 0.368 e. The first-order chi connectivity index (χ1) is 9.84. The molecule has 1 heterocycles. The minimum atomic E-state index is -3.83. The normalized spacial score (nSPS) is 13.3. The Hall–Kier alpha value is -2.06. The van der Waals surface area contributed by atoms with E-state index in [1.807, 2.05) is 0 Å². The van der Waals surface area contributed by atoms with Crippen molar-refractivity contribution in [3.05, 3.63) is 48.0 Å². The molecule has 21 heavy (non-hydrogen) atoms. The van der Waals surface area contributed by atoms with Gasteiger partial charge in [-0.2, -0.15) is 4.31 Å². The number of nitrogens with zero attached hydrogens (tertiary/aromatic N) is 3. The van der Waals surface area contributed by atoms with Crippen molar-refractivity contribution in [2.24, 2.45) is 0 Å². The van der Waals surface area contributed by atoms with Gasteiger partial charge >= 0.3 is 0 Å². The Labute approximate surface area is 122 Å². The fourth-order valence-corrected chi connectivity index (χ4v) is 3.08. The molecule has 6 nitrogen and oxygen atoms in total. The molecule has 1 aromatic carbocycles. The summed E-state index contributed by atoms with van der Waals surface area (Å²) in [6.07, 6.45) is 2.25. The molecule has 0 fully saturated rings. The predicted octanol–water partition coefficient (Wildman–Crippen LogP) is 1.58. The van der Waals surface area contributed by atoms with Crippen LogP contribution in [0.4, 0.5) is 10.3 Å². The Balaban J connectivity index is 2.36. The van der Waals surface area contributed by atoms with Crippen LogP contribution < -0.4 is 5.73 Å². The number of sulfonamides is 1. The van der Waals surface area contributed by atoms with Crippen LogP contribution in [-0.4, -0.2) is 29.7 Å². The Morgan fingerprint density at radius 2 is 1.81 bits per heavy atom. The third kappa shape index (κ3) is 3.01. The summed E-state index contributed by atoms with van der Waals surface area (Å²) in [5.74, 6) is -0.473. The lowest BCUT2D eigenvalue weighted by Crippen LogP contribution is -2.30. The lowest BCUT2D eigenvalue weighted by molar-refractivity contribution is 0.387. The van der Waals surface area contributed by atoms with E-state index in [0.29, 0.717) is 5.56 Å². The predicted molar refractivity (Wildman–Crippen MR) is 76.2 cm³/mol. The topological polar surface area (TPSA) is 89.2 Å². The Bertz CT molecular complexity index is 734. The average Bonchev–Trinajstić information content (AvgIpc) is 2.46. The van der Waals surface area contributed by atoms with E-state index < -0.39 is 21.9 Å². The van der Waals surface area contributed by atoms with E-state index in [0.717, 1.165) is 16.7 Å². The van der Waals surface area contributed by atoms with Gasteiger partial charge in [0.05, 0.1) is 12.4 Å². The lowest BCUT2D eigenvalue weighted by Gasteiger charge is -2.24. The molecule has 0 aliphatic rings. The second kappa shape index (κ2) is 5.74. The van der Waals surface area contributed by atoms with Crippen LogP contribution in [0.25, 0.3) is 0 Å². The summed E-state index contributed by atoms with van der Waals surface area (Å²) in [7, 11) is -2.46. The molecule has 0 radical (unpaired) electrons. The fourth-order valence-electron chi connectivity index (χ4n) is 1.84. The smallest absolute Gasteiger partial charge is 0.246 e. The molecule has 0 saturated heterocycles. The van der Waals surface area contributed by atoms with E-state index >= 15 is 0 Å². The van der Waals surface area contributed by atoms with Gasteiger partial charge in [-0.3, -0.25) is 0 Å². The Morgan fingerprint density at radius 3 is 2.38 bits per heavy atom. The number of rotatable bonds is 4. The van der Waals surface area contributed by atoms with Crippen molar-refractivity contribution in [1.82, 2.24) is 14.3 Å². The third-order valence-corrected chi connectivity index (χ3v) is 5.11. The van der Waals surface area contributed by atoms with Gasteiger partial charge in [0, 0.05) is 18.7 Å². The van der Waals surface area contributed by atoms with Crippen LogP contribution in [0.1, 0.15) is 18.5 Å². The summed E-state index contributed by atoms with van der Waals surface area (Å²) in [4.78, 5) is 7.23. The van der Waals surface area contributed by atoms with E-state index in [4.69, 9.17) is 5.73 Å². The van der Waals surface area contributed by atoms with Gasteiger partial charge in [-0.1, -0.05) is 18.2 Å². The molecule has 0 bridgehead atoms. The van der Waals surface area contributed by atoms with Crippen LogP contribution in [0.3, 0.4) is 0 Å². The Kier molecular flexibility index (Phi) is 4.19. The number of anilines is 1. The highest BCUT2D eigenvalue weighted by Crippen LogP contribution is 2.26. The first-order valence-electron chi connectivity index (χ1n) is 6.14. The molecule has 0 aliphatic carbocycles. The zero-order valence-electron chi connectivity index (χ0n) is 11.6. The molecule has 0 amide bonds. The van der Waals surface area contributed by atoms with Gasteiger partial charge in [-0.15, -0.1) is 0 Å². The van der Waals surface area contributed by atoms with Crippen LogP contribution in [-0.2, 0) is 10.0 Å². The van der Waals surface area contributed by atoms with Crippen LogP contribution in [0.5, 0.6) is 0 Å². The van der Waals surface area contributed by atoms with E-state index in [1.54, 1.807) is 25.1 Å². The molecule has 2 N–H and O–H groups in total. The highest BCUT2D eigenvalue weighted by Gasteiger charge is 2.28. The van der Waals surface area contributed by atoms with Crippen molar-refractivity contribution in [2.75, 3.05) is 12.8 Å². The molecule has 0 saturated carbocycles. The maximum Gasteiger partial charge on any atom is 0.246 e. The summed E-state index contributed by atoms with van der Waals surface area (Å²) < 4.78 is 39.8. The van der Waals surface area contributed by atoms with Crippen LogP contribution in [0.15, 0.2) is 41.6 Å². The van der Waals surface area contributed by atoms with Gasteiger partial charge in [0.25, 0.3) is 0 Å². The number of nitrogens with two attached hydrogens (primary N) is 1. The van der Waals surface area contributed by atoms with Crippen molar-refractivity contribution < 1.29 is 12.8 Å². The summed E-state index contributed by atoms with van der Waals surface area (Å²) in [6.45, 7) is 1.61. The van der Waals surface area contributed by atoms with Crippen molar-refractivity contribution in [2.45, 2.75) is 17.9 Å². The average molecular weight is 310 g/mol. The van der Waals surface area contributed by atoms with Crippen molar-refractivity contribution in [3.63, 3.8) is 0 Å². The van der Waals surface area contributed by atoms with Gasteiger partial charge in [-0.25, -0.2) is 22.8 Å². The lowest BCUT2D eigenvalue weighted by atomic mass is 10.1. The molecule has 0 aliphatic heterocycles. The number of hydrogen-bond acceptors (Lipinski definition) is 5. The van der Waals surface area contributed by atoms with Gasteiger partial charge < -0.3 is 5.73 Å². The number of hydrogen-bond donors (Lipinski definition) is 1. The zero-order chi connectivity index (χ0) is 15.6. The molecule has 2 aromatic rings. The van der Waals surface area contributed by atoms with Gasteiger partial charge in [0.1, 0.15) is 10.7 Å². The maximum atomic E-state index is 13.8. The summed E-state index contributed by atoms with van der Waals surface area (Å²) in [5.41, 5.74) is 5.63. The van der Waals surface area contributed by atoms with E-state index in [2.05, 4.69) is 9.97 Å². The number of benzene rings is 1. The minimum Gasteiger partial charge on any atom is -0.368 e. The van der Waals surface area contributed by atoms with Gasteiger partial charge in [0.2, 0.25) is 16.0 Å². The third-order valence-electron chi connectivity index (χ3n) is 3.23. The first kappa shape index (κ1) is 15.3. The SMILES string of the molecule is CC(c1ccccc1F)N(C)S(=O)(=O)c1cnc(N)nc1. The maximum absolute atomic E-state index is 13.8. The van der Waals surface area contributed by atoms with Gasteiger partial charge in [-0.05, 0) is 13.0 Å². The molecular formula is C13H15FN4O2S. The molecule has 0 spiro atoms. The number of halogens is 1. The van der Waals surface area contributed by atoms with E-state index in [-0.39, 0.29) is 10.8 Å². The van der Waals surface area contributed by atoms with Crippen LogP contribution in [0, 0.1) is 5.82 Å². The van der Waals surface area contributed by atoms with Crippen LogP contribution in [0.2, 0.25) is 0 Å². The number of aromatic nitrogens is 2. The number of nitrogen functional groups attached to an aromatic ring is 1. The summed E-state index contributed by atoms with van der Waals surface area (Å²) in [6, 6.07) is 5.37. The summed E-state index contributed by atoms with van der Waals surface area (Å²) >= 11 is 0. The monoisotopic (exact) mass is 310 g/mol. The van der Waals surface area contributed by atoms with Crippen molar-refractivity contribution >= 4 is 16.0 Å². The highest BCUT2D eigenvalue weighted by molar-refractivity contribution is 7.89. The highest BCUT2D eigenvalue weighted by atomic mass is 32.2. The molecule has 1 unspecified atom stereocenters. The first-order valence-corrected chi connectivity index (χ1v) is 7.58. The molecule has 1 aromatic heterocycles. The molecular weight excluding hydrogens is 295 g/mol.